The van der Waals surface area contributed by atoms with E-state index >= 15 is 0 Å². The molecule has 0 aliphatic rings. The summed E-state index contributed by atoms with van der Waals surface area (Å²) in [5, 5.41) is 1.29. The van der Waals surface area contributed by atoms with Crippen molar-refractivity contribution in [3.8, 4) is 0 Å². The Labute approximate surface area is 134 Å². The van der Waals surface area contributed by atoms with Gasteiger partial charge in [-0.05, 0) is 53.2 Å². The van der Waals surface area contributed by atoms with Crippen molar-refractivity contribution in [2.45, 2.75) is 16.7 Å². The lowest BCUT2D eigenvalue weighted by Gasteiger charge is -2.08. The molecule has 0 bridgehead atoms. The summed E-state index contributed by atoms with van der Waals surface area (Å²) in [7, 11) is 0. The van der Waals surface area contributed by atoms with Crippen LogP contribution in [0.2, 0.25) is 10.0 Å². The number of rotatable bonds is 3. The Morgan fingerprint density at radius 1 is 1.11 bits per heavy atom. The van der Waals surface area contributed by atoms with Crippen LogP contribution in [0.15, 0.2) is 50.7 Å². The zero-order valence-electron chi connectivity index (χ0n) is 9.91. The summed E-state index contributed by atoms with van der Waals surface area (Å²) in [6, 6.07) is 10.8. The van der Waals surface area contributed by atoms with E-state index in [1.54, 1.807) is 25.1 Å². The molecule has 0 radical (unpaired) electrons. The molecule has 0 fully saturated rings. The lowest BCUT2D eigenvalue weighted by Crippen LogP contribution is -1.91. The Balaban J connectivity index is 2.33. The number of carbonyl (C=O) groups is 1. The second kappa shape index (κ2) is 6.31. The quantitative estimate of drug-likeness (QED) is 0.602. The second-order valence-electron chi connectivity index (χ2n) is 3.88. The molecule has 0 atom stereocenters. The smallest absolute Gasteiger partial charge is 0.159 e. The van der Waals surface area contributed by atoms with Crippen molar-refractivity contribution in [1.82, 2.24) is 0 Å². The maximum absolute atomic E-state index is 11.3. The Hall–Kier alpha value is -0.480. The molecule has 2 rings (SSSR count). The average molecular weight is 376 g/mol. The first-order chi connectivity index (χ1) is 8.97. The second-order valence-corrected chi connectivity index (χ2v) is 6.66. The maximum atomic E-state index is 11.3. The Bertz CT molecular complexity index is 643. The molecule has 0 saturated heterocycles. The standard InChI is InChI=1S/C14H9BrCl2OS/c1-8(18)9-2-5-13(11(15)6-9)19-14-7-10(16)3-4-12(14)17/h2-7H,1H3. The van der Waals surface area contributed by atoms with E-state index in [0.29, 0.717) is 15.6 Å². The number of hydrogen-bond acceptors (Lipinski definition) is 2. The summed E-state index contributed by atoms with van der Waals surface area (Å²) >= 11 is 17.1. The van der Waals surface area contributed by atoms with Gasteiger partial charge < -0.3 is 0 Å². The minimum Gasteiger partial charge on any atom is -0.295 e. The molecule has 98 valence electrons. The van der Waals surface area contributed by atoms with E-state index in [1.165, 1.54) is 11.8 Å². The van der Waals surface area contributed by atoms with Crippen LogP contribution in [0.3, 0.4) is 0 Å². The van der Waals surface area contributed by atoms with Gasteiger partial charge in [-0.1, -0.05) is 41.0 Å². The first-order valence-corrected chi connectivity index (χ1v) is 7.77. The highest BCUT2D eigenvalue weighted by molar-refractivity contribution is 9.10. The van der Waals surface area contributed by atoms with Gasteiger partial charge in [-0.2, -0.15) is 0 Å². The van der Waals surface area contributed by atoms with Crippen molar-refractivity contribution in [2.24, 2.45) is 0 Å². The molecule has 0 unspecified atom stereocenters. The van der Waals surface area contributed by atoms with Crippen LogP contribution in [-0.2, 0) is 0 Å². The third-order valence-corrected chi connectivity index (χ3v) is 5.18. The van der Waals surface area contributed by atoms with Crippen LogP contribution in [0.5, 0.6) is 0 Å². The van der Waals surface area contributed by atoms with Crippen LogP contribution in [-0.4, -0.2) is 5.78 Å². The van der Waals surface area contributed by atoms with Gasteiger partial charge in [-0.15, -0.1) is 0 Å². The van der Waals surface area contributed by atoms with Crippen LogP contribution >= 0.6 is 50.9 Å². The van der Waals surface area contributed by atoms with E-state index in [1.807, 2.05) is 18.2 Å². The van der Waals surface area contributed by atoms with Gasteiger partial charge in [0, 0.05) is 24.8 Å². The maximum Gasteiger partial charge on any atom is 0.159 e. The van der Waals surface area contributed by atoms with E-state index in [0.717, 1.165) is 14.3 Å². The molecule has 5 heteroatoms. The van der Waals surface area contributed by atoms with Crippen molar-refractivity contribution in [1.29, 1.82) is 0 Å². The monoisotopic (exact) mass is 374 g/mol. The van der Waals surface area contributed by atoms with E-state index in [9.17, 15) is 4.79 Å². The zero-order valence-corrected chi connectivity index (χ0v) is 13.8. The van der Waals surface area contributed by atoms with Crippen LogP contribution in [0.25, 0.3) is 0 Å². The summed E-state index contributed by atoms with van der Waals surface area (Å²) in [5.74, 6) is 0.0398. The fourth-order valence-electron chi connectivity index (χ4n) is 1.48. The molecule has 0 amide bonds. The zero-order chi connectivity index (χ0) is 14.0. The van der Waals surface area contributed by atoms with Crippen molar-refractivity contribution < 1.29 is 4.79 Å². The molecule has 0 heterocycles. The fraction of sp³-hybridized carbons (Fsp3) is 0.0714. The molecule has 1 nitrogen and oxygen atoms in total. The van der Waals surface area contributed by atoms with Crippen LogP contribution < -0.4 is 0 Å². The molecule has 0 N–H and O–H groups in total. The Morgan fingerprint density at radius 2 is 1.84 bits per heavy atom. The van der Waals surface area contributed by atoms with E-state index in [2.05, 4.69) is 15.9 Å². The predicted molar refractivity (Wildman–Crippen MR) is 84.7 cm³/mol. The summed E-state index contributed by atoms with van der Waals surface area (Å²) in [4.78, 5) is 13.2. The van der Waals surface area contributed by atoms with Gasteiger partial charge in [0.2, 0.25) is 0 Å². The van der Waals surface area contributed by atoms with Gasteiger partial charge in [-0.3, -0.25) is 4.79 Å². The van der Waals surface area contributed by atoms with Gasteiger partial charge in [0.05, 0.1) is 5.02 Å². The van der Waals surface area contributed by atoms with E-state index in [4.69, 9.17) is 23.2 Å². The molecule has 19 heavy (non-hydrogen) atoms. The molecule has 0 spiro atoms. The van der Waals surface area contributed by atoms with Crippen molar-refractivity contribution in [3.63, 3.8) is 0 Å². The molecule has 0 aliphatic heterocycles. The van der Waals surface area contributed by atoms with Gasteiger partial charge in [0.1, 0.15) is 0 Å². The normalized spacial score (nSPS) is 10.5. The van der Waals surface area contributed by atoms with Crippen LogP contribution in [0, 0.1) is 0 Å². The van der Waals surface area contributed by atoms with Crippen LogP contribution in [0.4, 0.5) is 0 Å². The minimum atomic E-state index is 0.0398. The highest BCUT2D eigenvalue weighted by atomic mass is 79.9. The first-order valence-electron chi connectivity index (χ1n) is 5.41. The highest BCUT2D eigenvalue weighted by Crippen LogP contribution is 2.38. The van der Waals surface area contributed by atoms with Crippen molar-refractivity contribution in [2.75, 3.05) is 0 Å². The Morgan fingerprint density at radius 3 is 2.47 bits per heavy atom. The van der Waals surface area contributed by atoms with E-state index < -0.39 is 0 Å². The molecular weight excluding hydrogens is 367 g/mol. The average Bonchev–Trinajstić information content (AvgIpc) is 2.36. The van der Waals surface area contributed by atoms with Crippen LogP contribution in [0.1, 0.15) is 17.3 Å². The molecule has 0 aromatic heterocycles. The molecule has 0 saturated carbocycles. The third kappa shape index (κ3) is 3.76. The molecule has 0 aliphatic carbocycles. The topological polar surface area (TPSA) is 17.1 Å². The van der Waals surface area contributed by atoms with Gasteiger partial charge in [0.25, 0.3) is 0 Å². The number of Topliss-reactive ketones (excluding diaryl/α,β-unsaturated/α-hetero) is 1. The van der Waals surface area contributed by atoms with Crippen molar-refractivity contribution >= 4 is 56.7 Å². The highest BCUT2D eigenvalue weighted by Gasteiger charge is 2.09. The van der Waals surface area contributed by atoms with E-state index in [-0.39, 0.29) is 5.78 Å². The molecular formula is C14H9BrCl2OS. The number of carbonyl (C=O) groups excluding carboxylic acids is 1. The lowest BCUT2D eigenvalue weighted by molar-refractivity contribution is 0.101. The fourth-order valence-corrected chi connectivity index (χ4v) is 3.45. The molecule has 2 aromatic rings. The van der Waals surface area contributed by atoms with Gasteiger partial charge in [0.15, 0.2) is 5.78 Å². The number of ketones is 1. The number of halogens is 3. The lowest BCUT2D eigenvalue weighted by atomic mass is 10.2. The number of hydrogen-bond donors (Lipinski definition) is 0. The van der Waals surface area contributed by atoms with Gasteiger partial charge in [-0.25, -0.2) is 0 Å². The largest absolute Gasteiger partial charge is 0.295 e. The predicted octanol–water partition coefficient (Wildman–Crippen LogP) is 6.11. The number of benzene rings is 2. The molecule has 2 aromatic carbocycles. The summed E-state index contributed by atoms with van der Waals surface area (Å²) in [6.07, 6.45) is 0. The summed E-state index contributed by atoms with van der Waals surface area (Å²) in [6.45, 7) is 1.54. The minimum absolute atomic E-state index is 0.0398. The Kier molecular flexibility index (Phi) is 4.96. The van der Waals surface area contributed by atoms with Crippen molar-refractivity contribution in [3.05, 3.63) is 56.5 Å². The van der Waals surface area contributed by atoms with Gasteiger partial charge >= 0.3 is 0 Å². The SMILES string of the molecule is CC(=O)c1ccc(Sc2cc(Cl)ccc2Cl)c(Br)c1. The summed E-state index contributed by atoms with van der Waals surface area (Å²) < 4.78 is 0.862. The first kappa shape index (κ1) is 14.9. The third-order valence-electron chi connectivity index (χ3n) is 2.45. The summed E-state index contributed by atoms with van der Waals surface area (Å²) in [5.41, 5.74) is 0.674.